The van der Waals surface area contributed by atoms with E-state index in [9.17, 15) is 18.0 Å². The molecule has 0 bridgehead atoms. The van der Waals surface area contributed by atoms with Crippen LogP contribution < -0.4 is 0 Å². The van der Waals surface area contributed by atoms with Crippen molar-refractivity contribution in [3.05, 3.63) is 24.3 Å². The normalized spacial score (nSPS) is 33.1. The summed E-state index contributed by atoms with van der Waals surface area (Å²) in [6.07, 6.45) is 6.04. The summed E-state index contributed by atoms with van der Waals surface area (Å²) in [6.45, 7) is 0. The van der Waals surface area contributed by atoms with E-state index in [1.165, 1.54) is 12.2 Å². The van der Waals surface area contributed by atoms with Gasteiger partial charge in [0.05, 0.1) is 0 Å². The first-order valence-corrected chi connectivity index (χ1v) is 7.03. The van der Waals surface area contributed by atoms with Crippen molar-refractivity contribution >= 4 is 26.2 Å². The molecule has 0 spiro atoms. The standard InChI is InChI=1S/C8H6F3IO2/c9-8(10,11)12-6-4-2-1-3-5(6)7(13)14-12/h1-6H. The van der Waals surface area contributed by atoms with Gasteiger partial charge >= 0.3 is 85.6 Å². The van der Waals surface area contributed by atoms with Crippen LogP contribution in [-0.2, 0) is 7.86 Å². The van der Waals surface area contributed by atoms with E-state index in [1.807, 2.05) is 0 Å². The van der Waals surface area contributed by atoms with E-state index in [0.717, 1.165) is 0 Å². The van der Waals surface area contributed by atoms with Gasteiger partial charge in [-0.05, 0) is 0 Å². The van der Waals surface area contributed by atoms with E-state index in [0.29, 0.717) is 0 Å². The van der Waals surface area contributed by atoms with Crippen molar-refractivity contribution in [2.24, 2.45) is 5.92 Å². The molecule has 2 aliphatic rings. The van der Waals surface area contributed by atoms with E-state index in [2.05, 4.69) is 3.07 Å². The van der Waals surface area contributed by atoms with Crippen LogP contribution in [0.3, 0.4) is 0 Å². The fourth-order valence-corrected chi connectivity index (χ4v) is 5.32. The number of hydrogen-bond acceptors (Lipinski definition) is 2. The summed E-state index contributed by atoms with van der Waals surface area (Å²) in [5, 5.41) is 0. The molecule has 6 heteroatoms. The predicted molar refractivity (Wildman–Crippen MR) is 51.7 cm³/mol. The second kappa shape index (κ2) is 3.25. The Morgan fingerprint density at radius 2 is 1.93 bits per heavy atom. The molecule has 1 fully saturated rings. The molecule has 0 radical (unpaired) electrons. The Morgan fingerprint density at radius 1 is 1.29 bits per heavy atom. The van der Waals surface area contributed by atoms with Crippen LogP contribution in [0.2, 0.25) is 0 Å². The Hall–Kier alpha value is -0.530. The van der Waals surface area contributed by atoms with Crippen LogP contribution in [0, 0.1) is 5.92 Å². The van der Waals surface area contributed by atoms with Crippen molar-refractivity contribution in [1.82, 2.24) is 0 Å². The van der Waals surface area contributed by atoms with Gasteiger partial charge < -0.3 is 0 Å². The number of fused-ring (bicyclic) bond motifs is 1. The monoisotopic (exact) mass is 318 g/mol. The van der Waals surface area contributed by atoms with Crippen LogP contribution in [0.15, 0.2) is 24.3 Å². The molecule has 78 valence electrons. The minimum absolute atomic E-state index is 0.702. The van der Waals surface area contributed by atoms with Crippen molar-refractivity contribution in [3.8, 4) is 0 Å². The number of halogens is 4. The Balaban J connectivity index is 2.28. The number of hydrogen-bond donors (Lipinski definition) is 0. The van der Waals surface area contributed by atoms with Gasteiger partial charge in [0.25, 0.3) is 0 Å². The van der Waals surface area contributed by atoms with Crippen molar-refractivity contribution in [2.45, 2.75) is 8.11 Å². The van der Waals surface area contributed by atoms with Crippen LogP contribution in [0.5, 0.6) is 0 Å². The number of carbonyl (C=O) groups excluding carboxylic acids is 1. The summed E-state index contributed by atoms with van der Waals surface area (Å²) in [7, 11) is 0. The molecular formula is C8H6F3IO2. The first-order chi connectivity index (χ1) is 6.50. The van der Waals surface area contributed by atoms with Crippen LogP contribution in [0.25, 0.3) is 0 Å². The van der Waals surface area contributed by atoms with E-state index in [4.69, 9.17) is 0 Å². The molecule has 2 rings (SSSR count). The van der Waals surface area contributed by atoms with Crippen molar-refractivity contribution < 1.29 is 21.0 Å². The van der Waals surface area contributed by atoms with E-state index < -0.39 is 40.2 Å². The molecule has 1 saturated heterocycles. The molecule has 1 aliphatic heterocycles. The van der Waals surface area contributed by atoms with Crippen LogP contribution in [0.1, 0.15) is 0 Å². The molecule has 2 unspecified atom stereocenters. The molecule has 0 aromatic carbocycles. The quantitative estimate of drug-likeness (QED) is 0.507. The minimum atomic E-state index is -4.32. The maximum absolute atomic E-state index is 12.4. The van der Waals surface area contributed by atoms with Crippen molar-refractivity contribution in [2.75, 3.05) is 0 Å². The Morgan fingerprint density at radius 3 is 2.57 bits per heavy atom. The first kappa shape index (κ1) is 10.0. The molecule has 0 saturated carbocycles. The van der Waals surface area contributed by atoms with Gasteiger partial charge in [0, 0.05) is 0 Å². The molecule has 0 N–H and O–H groups in total. The fourth-order valence-electron chi connectivity index (χ4n) is 1.35. The summed E-state index contributed by atoms with van der Waals surface area (Å²) in [4.78, 5) is 11.1. The zero-order valence-electron chi connectivity index (χ0n) is 6.79. The van der Waals surface area contributed by atoms with Gasteiger partial charge in [-0.3, -0.25) is 0 Å². The summed E-state index contributed by atoms with van der Waals surface area (Å²) < 4.78 is 36.7. The van der Waals surface area contributed by atoms with Crippen LogP contribution >= 0.6 is 20.2 Å². The average Bonchev–Trinajstić information content (AvgIpc) is 2.44. The second-order valence-electron chi connectivity index (χ2n) is 2.84. The van der Waals surface area contributed by atoms with E-state index >= 15 is 0 Å². The molecule has 14 heavy (non-hydrogen) atoms. The molecule has 0 aromatic rings. The number of rotatable bonds is 0. The van der Waals surface area contributed by atoms with Gasteiger partial charge in [-0.1, -0.05) is 0 Å². The summed E-state index contributed by atoms with van der Waals surface area (Å²) in [5.74, 6) is -1.43. The van der Waals surface area contributed by atoms with Crippen LogP contribution in [-0.4, -0.2) is 14.1 Å². The van der Waals surface area contributed by atoms with Crippen LogP contribution in [0.4, 0.5) is 13.2 Å². The first-order valence-electron chi connectivity index (χ1n) is 3.83. The molecule has 2 nitrogen and oxygen atoms in total. The van der Waals surface area contributed by atoms with Gasteiger partial charge in [0.1, 0.15) is 0 Å². The average molecular weight is 318 g/mol. The van der Waals surface area contributed by atoms with Gasteiger partial charge in [0.2, 0.25) is 0 Å². The third-order valence-electron chi connectivity index (χ3n) is 1.94. The third-order valence-corrected chi connectivity index (χ3v) is 6.55. The Kier molecular flexibility index (Phi) is 2.32. The van der Waals surface area contributed by atoms with Crippen molar-refractivity contribution in [1.29, 1.82) is 0 Å². The van der Waals surface area contributed by atoms with Gasteiger partial charge in [-0.2, -0.15) is 0 Å². The van der Waals surface area contributed by atoms with E-state index in [1.54, 1.807) is 12.2 Å². The fraction of sp³-hybridized carbons (Fsp3) is 0.375. The third kappa shape index (κ3) is 1.55. The topological polar surface area (TPSA) is 26.3 Å². The van der Waals surface area contributed by atoms with Crippen molar-refractivity contribution in [3.63, 3.8) is 0 Å². The molecule has 2 atom stereocenters. The molecular weight excluding hydrogens is 312 g/mol. The Labute approximate surface area is 85.7 Å². The number of carbonyl (C=O) groups is 1. The second-order valence-corrected chi connectivity index (χ2v) is 7.51. The molecule has 0 aromatic heterocycles. The zero-order chi connectivity index (χ0) is 10.3. The van der Waals surface area contributed by atoms with Gasteiger partial charge in [0.15, 0.2) is 0 Å². The Bertz CT molecular complexity index is 321. The summed E-state index contributed by atoms with van der Waals surface area (Å²) in [5.41, 5.74) is 0. The van der Waals surface area contributed by atoms with Gasteiger partial charge in [-0.15, -0.1) is 0 Å². The predicted octanol–water partition coefficient (Wildman–Crippen LogP) is 2.60. The summed E-state index contributed by atoms with van der Waals surface area (Å²) in [6, 6.07) is 0. The molecule has 1 aliphatic carbocycles. The number of alkyl halides is 5. The maximum atomic E-state index is 12.4. The van der Waals surface area contributed by atoms with E-state index in [-0.39, 0.29) is 0 Å². The van der Waals surface area contributed by atoms with Gasteiger partial charge in [-0.25, -0.2) is 0 Å². The zero-order valence-corrected chi connectivity index (χ0v) is 8.95. The molecule has 0 amide bonds. The SMILES string of the molecule is O=C1OI(C(F)(F)F)C2C=CC=CC12. The number of allylic oxidation sites excluding steroid dienone is 3. The summed E-state index contributed by atoms with van der Waals surface area (Å²) >= 11 is -3.64. The molecule has 1 heterocycles.